The van der Waals surface area contributed by atoms with Gasteiger partial charge in [-0.1, -0.05) is 13.8 Å². The maximum atomic E-state index is 12.5. The van der Waals surface area contributed by atoms with Gasteiger partial charge in [0, 0.05) is 11.6 Å². The van der Waals surface area contributed by atoms with E-state index in [0.717, 1.165) is 37.1 Å². The molecule has 0 spiro atoms. The SMILES string of the molecule is CCC(CC)NC(=O)COC(=O)CNC(=O)c1ccc(C(F)(F)F)cc1. The van der Waals surface area contributed by atoms with Crippen molar-refractivity contribution in [3.63, 3.8) is 0 Å². The van der Waals surface area contributed by atoms with Crippen LogP contribution in [0.25, 0.3) is 0 Å². The summed E-state index contributed by atoms with van der Waals surface area (Å²) >= 11 is 0. The minimum absolute atomic E-state index is 0.000532. The lowest BCUT2D eigenvalue weighted by Crippen LogP contribution is -2.38. The molecule has 1 aromatic carbocycles. The maximum absolute atomic E-state index is 12.5. The molecular formula is C17H21F3N2O4. The molecule has 9 heteroatoms. The van der Waals surface area contributed by atoms with Crippen molar-refractivity contribution in [3.8, 4) is 0 Å². The minimum atomic E-state index is -4.49. The Bertz CT molecular complexity index is 626. The van der Waals surface area contributed by atoms with Gasteiger partial charge in [-0.25, -0.2) is 0 Å². The molecular weight excluding hydrogens is 353 g/mol. The van der Waals surface area contributed by atoms with Crippen LogP contribution in [0.4, 0.5) is 13.2 Å². The number of nitrogens with one attached hydrogen (secondary N) is 2. The molecule has 0 radical (unpaired) electrons. The number of rotatable bonds is 8. The summed E-state index contributed by atoms with van der Waals surface area (Å²) in [7, 11) is 0. The highest BCUT2D eigenvalue weighted by atomic mass is 19.4. The Hall–Kier alpha value is -2.58. The summed E-state index contributed by atoms with van der Waals surface area (Å²) in [6, 6.07) is 3.56. The molecule has 144 valence electrons. The smallest absolute Gasteiger partial charge is 0.416 e. The number of halogens is 3. The van der Waals surface area contributed by atoms with E-state index in [1.165, 1.54) is 0 Å². The zero-order valence-electron chi connectivity index (χ0n) is 14.5. The van der Waals surface area contributed by atoms with Gasteiger partial charge in [-0.2, -0.15) is 13.2 Å². The van der Waals surface area contributed by atoms with Crippen molar-refractivity contribution in [3.05, 3.63) is 35.4 Å². The first kappa shape index (κ1) is 21.5. The standard InChI is InChI=1S/C17H21F3N2O4/c1-3-13(4-2)22-14(23)10-26-15(24)9-21-16(25)11-5-7-12(8-6-11)17(18,19)20/h5-8,13H,3-4,9-10H2,1-2H3,(H,21,25)(H,22,23). The third-order valence-corrected chi connectivity index (χ3v) is 3.58. The van der Waals surface area contributed by atoms with Crippen LogP contribution in [-0.2, 0) is 20.5 Å². The normalized spacial score (nSPS) is 11.2. The quantitative estimate of drug-likeness (QED) is 0.684. The second-order valence-electron chi connectivity index (χ2n) is 5.50. The molecule has 26 heavy (non-hydrogen) atoms. The molecule has 0 aliphatic rings. The first-order valence-corrected chi connectivity index (χ1v) is 8.07. The van der Waals surface area contributed by atoms with Gasteiger partial charge in [0.1, 0.15) is 6.54 Å². The molecule has 0 fully saturated rings. The Balaban J connectivity index is 2.40. The maximum Gasteiger partial charge on any atom is 0.416 e. The third-order valence-electron chi connectivity index (χ3n) is 3.58. The fraction of sp³-hybridized carbons (Fsp3) is 0.471. The molecule has 0 bridgehead atoms. The lowest BCUT2D eigenvalue weighted by atomic mass is 10.1. The van der Waals surface area contributed by atoms with Gasteiger partial charge in [0.2, 0.25) is 0 Å². The summed E-state index contributed by atoms with van der Waals surface area (Å²) in [4.78, 5) is 34.9. The number of esters is 1. The topological polar surface area (TPSA) is 84.5 Å². The first-order valence-electron chi connectivity index (χ1n) is 8.07. The second-order valence-corrected chi connectivity index (χ2v) is 5.50. The molecule has 0 aromatic heterocycles. The van der Waals surface area contributed by atoms with Crippen LogP contribution in [0, 0.1) is 0 Å². The monoisotopic (exact) mass is 374 g/mol. The van der Waals surface area contributed by atoms with Gasteiger partial charge < -0.3 is 15.4 Å². The highest BCUT2D eigenvalue weighted by molar-refractivity contribution is 5.96. The van der Waals surface area contributed by atoms with E-state index in [1.807, 2.05) is 13.8 Å². The van der Waals surface area contributed by atoms with E-state index < -0.39 is 42.7 Å². The molecule has 0 aliphatic heterocycles. The highest BCUT2D eigenvalue weighted by Crippen LogP contribution is 2.28. The zero-order chi connectivity index (χ0) is 19.7. The van der Waals surface area contributed by atoms with E-state index in [4.69, 9.17) is 4.74 Å². The van der Waals surface area contributed by atoms with Gasteiger partial charge in [-0.15, -0.1) is 0 Å². The summed E-state index contributed by atoms with van der Waals surface area (Å²) < 4.78 is 42.1. The molecule has 6 nitrogen and oxygen atoms in total. The fourth-order valence-electron chi connectivity index (χ4n) is 2.02. The van der Waals surface area contributed by atoms with Crippen molar-refractivity contribution in [1.82, 2.24) is 10.6 Å². The molecule has 0 saturated carbocycles. The minimum Gasteiger partial charge on any atom is -0.454 e. The number of amides is 2. The zero-order valence-corrected chi connectivity index (χ0v) is 14.5. The summed E-state index contributed by atoms with van der Waals surface area (Å²) in [6.07, 6.45) is -2.99. The van der Waals surface area contributed by atoms with E-state index in [0.29, 0.717) is 0 Å². The van der Waals surface area contributed by atoms with Crippen molar-refractivity contribution in [2.45, 2.75) is 38.9 Å². The molecule has 2 amide bonds. The lowest BCUT2D eigenvalue weighted by molar-refractivity contribution is -0.147. The number of alkyl halides is 3. The molecule has 2 N–H and O–H groups in total. The van der Waals surface area contributed by atoms with Crippen LogP contribution in [0.2, 0.25) is 0 Å². The number of hydrogen-bond acceptors (Lipinski definition) is 4. The van der Waals surface area contributed by atoms with E-state index >= 15 is 0 Å². The van der Waals surface area contributed by atoms with E-state index in [9.17, 15) is 27.6 Å². The van der Waals surface area contributed by atoms with Gasteiger partial charge in [0.25, 0.3) is 11.8 Å². The van der Waals surface area contributed by atoms with Gasteiger partial charge in [-0.05, 0) is 37.1 Å². The molecule has 0 heterocycles. The first-order chi connectivity index (χ1) is 12.2. The Morgan fingerprint density at radius 1 is 1.08 bits per heavy atom. The molecule has 0 unspecified atom stereocenters. The number of hydrogen-bond donors (Lipinski definition) is 2. The Morgan fingerprint density at radius 2 is 1.65 bits per heavy atom. The van der Waals surface area contributed by atoms with Crippen LogP contribution in [0.3, 0.4) is 0 Å². The van der Waals surface area contributed by atoms with Crippen molar-refractivity contribution >= 4 is 17.8 Å². The van der Waals surface area contributed by atoms with Crippen LogP contribution in [0.15, 0.2) is 24.3 Å². The number of ether oxygens (including phenoxy) is 1. The van der Waals surface area contributed by atoms with Gasteiger partial charge in [0.05, 0.1) is 5.56 Å². The van der Waals surface area contributed by atoms with Crippen LogP contribution in [0.1, 0.15) is 42.6 Å². The lowest BCUT2D eigenvalue weighted by Gasteiger charge is -2.14. The molecule has 0 aliphatic carbocycles. The Kier molecular flexibility index (Phi) is 8.08. The Morgan fingerprint density at radius 3 is 2.15 bits per heavy atom. The van der Waals surface area contributed by atoms with E-state index in [2.05, 4.69) is 10.6 Å². The predicted octanol–water partition coefficient (Wildman–Crippen LogP) is 2.28. The van der Waals surface area contributed by atoms with Gasteiger partial charge in [-0.3, -0.25) is 14.4 Å². The van der Waals surface area contributed by atoms with Crippen LogP contribution in [0.5, 0.6) is 0 Å². The van der Waals surface area contributed by atoms with E-state index in [-0.39, 0.29) is 11.6 Å². The predicted molar refractivity (Wildman–Crippen MR) is 87.2 cm³/mol. The van der Waals surface area contributed by atoms with Crippen LogP contribution < -0.4 is 10.6 Å². The van der Waals surface area contributed by atoms with Crippen molar-refractivity contribution in [2.75, 3.05) is 13.2 Å². The molecule has 1 rings (SSSR count). The van der Waals surface area contributed by atoms with Crippen molar-refractivity contribution < 1.29 is 32.3 Å². The van der Waals surface area contributed by atoms with Crippen LogP contribution >= 0.6 is 0 Å². The second kappa shape index (κ2) is 9.79. The van der Waals surface area contributed by atoms with Gasteiger partial charge in [0.15, 0.2) is 6.61 Å². The molecule has 0 atom stereocenters. The highest BCUT2D eigenvalue weighted by Gasteiger charge is 2.30. The summed E-state index contributed by atoms with van der Waals surface area (Å²) in [5.74, 6) is -2.00. The van der Waals surface area contributed by atoms with Crippen molar-refractivity contribution in [2.24, 2.45) is 0 Å². The summed E-state index contributed by atoms with van der Waals surface area (Å²) in [6.45, 7) is 2.86. The average Bonchev–Trinajstić information content (AvgIpc) is 2.61. The van der Waals surface area contributed by atoms with Gasteiger partial charge >= 0.3 is 12.1 Å². The summed E-state index contributed by atoms with van der Waals surface area (Å²) in [5, 5.41) is 4.90. The fourth-order valence-corrected chi connectivity index (χ4v) is 2.02. The largest absolute Gasteiger partial charge is 0.454 e. The molecule has 0 saturated heterocycles. The average molecular weight is 374 g/mol. The van der Waals surface area contributed by atoms with E-state index in [1.54, 1.807) is 0 Å². The van der Waals surface area contributed by atoms with Crippen molar-refractivity contribution in [1.29, 1.82) is 0 Å². The number of benzene rings is 1. The number of carbonyl (C=O) groups is 3. The van der Waals surface area contributed by atoms with Crippen LogP contribution in [-0.4, -0.2) is 37.0 Å². The number of carbonyl (C=O) groups excluding carboxylic acids is 3. The summed E-state index contributed by atoms with van der Waals surface area (Å²) in [5.41, 5.74) is -0.908. The Labute approximate surface area is 149 Å². The molecule has 1 aromatic rings. The third kappa shape index (κ3) is 7.12.